The van der Waals surface area contributed by atoms with Crippen LogP contribution in [0.15, 0.2) is 42.5 Å². The van der Waals surface area contributed by atoms with Crippen molar-refractivity contribution in [3.63, 3.8) is 0 Å². The Labute approximate surface area is 111 Å². The number of anilines is 1. The molecule has 0 unspecified atom stereocenters. The monoisotopic (exact) mass is 253 g/mol. The van der Waals surface area contributed by atoms with E-state index >= 15 is 0 Å². The topological polar surface area (TPSA) is 63.9 Å². The van der Waals surface area contributed by atoms with Gasteiger partial charge < -0.3 is 15.5 Å². The number of ether oxygens (including phenoxy) is 1. The maximum Gasteiger partial charge on any atom is 0.142 e. The lowest BCUT2D eigenvalue weighted by molar-refractivity contribution is 0.342. The number of H-pyrrole nitrogens is 1. The van der Waals surface area contributed by atoms with E-state index in [0.29, 0.717) is 18.0 Å². The molecule has 4 nitrogen and oxygen atoms in total. The average Bonchev–Trinajstić information content (AvgIpc) is 2.85. The van der Waals surface area contributed by atoms with Gasteiger partial charge in [-0.2, -0.15) is 0 Å². The highest BCUT2D eigenvalue weighted by atomic mass is 16.5. The molecule has 3 aromatic rings. The summed E-state index contributed by atoms with van der Waals surface area (Å²) in [4.78, 5) is 7.83. The number of benzene rings is 2. The summed E-state index contributed by atoms with van der Waals surface area (Å²) in [7, 11) is 0. The molecule has 0 fully saturated rings. The highest BCUT2D eigenvalue weighted by Crippen LogP contribution is 2.28. The number of aromatic amines is 1. The fourth-order valence-electron chi connectivity index (χ4n) is 2.07. The molecule has 1 aromatic heterocycles. The molecule has 0 bridgehead atoms. The van der Waals surface area contributed by atoms with E-state index in [9.17, 15) is 0 Å². The predicted molar refractivity (Wildman–Crippen MR) is 77.1 cm³/mol. The van der Waals surface area contributed by atoms with Gasteiger partial charge >= 0.3 is 0 Å². The molecule has 0 aliphatic heterocycles. The van der Waals surface area contributed by atoms with Crippen molar-refractivity contribution in [3.8, 4) is 17.1 Å². The number of nitrogens with zero attached hydrogens (tertiary/aromatic N) is 1. The molecule has 96 valence electrons. The first-order valence-corrected chi connectivity index (χ1v) is 6.25. The molecule has 1 heterocycles. The van der Waals surface area contributed by atoms with Crippen LogP contribution in [0.5, 0.6) is 5.75 Å². The van der Waals surface area contributed by atoms with Gasteiger partial charge in [0.25, 0.3) is 0 Å². The van der Waals surface area contributed by atoms with Crippen molar-refractivity contribution in [2.75, 3.05) is 12.3 Å². The standard InChI is InChI=1S/C15H15N3O/c1-2-19-14-8-7-10(9-11(14)16)15-17-12-5-3-4-6-13(12)18-15/h3-9H,2,16H2,1H3,(H,17,18). The number of nitrogens with one attached hydrogen (secondary N) is 1. The minimum Gasteiger partial charge on any atom is -0.492 e. The summed E-state index contributed by atoms with van der Waals surface area (Å²) >= 11 is 0. The third-order valence-electron chi connectivity index (χ3n) is 2.97. The quantitative estimate of drug-likeness (QED) is 0.704. The summed E-state index contributed by atoms with van der Waals surface area (Å²) in [6, 6.07) is 13.6. The maximum absolute atomic E-state index is 5.97. The van der Waals surface area contributed by atoms with Crippen LogP contribution in [0.4, 0.5) is 5.69 Å². The zero-order chi connectivity index (χ0) is 13.2. The number of hydrogen-bond donors (Lipinski definition) is 2. The van der Waals surface area contributed by atoms with Gasteiger partial charge in [-0.1, -0.05) is 12.1 Å². The van der Waals surface area contributed by atoms with Gasteiger partial charge in [-0.05, 0) is 37.3 Å². The summed E-state index contributed by atoms with van der Waals surface area (Å²) in [6.45, 7) is 2.54. The van der Waals surface area contributed by atoms with Crippen molar-refractivity contribution < 1.29 is 4.74 Å². The molecule has 0 radical (unpaired) electrons. The maximum atomic E-state index is 5.97. The fourth-order valence-corrected chi connectivity index (χ4v) is 2.07. The van der Waals surface area contributed by atoms with Crippen molar-refractivity contribution in [2.24, 2.45) is 0 Å². The fraction of sp³-hybridized carbons (Fsp3) is 0.133. The minimum absolute atomic E-state index is 0.605. The van der Waals surface area contributed by atoms with Crippen molar-refractivity contribution >= 4 is 16.7 Å². The average molecular weight is 253 g/mol. The van der Waals surface area contributed by atoms with E-state index in [1.165, 1.54) is 0 Å². The molecule has 4 heteroatoms. The van der Waals surface area contributed by atoms with Gasteiger partial charge in [0.1, 0.15) is 11.6 Å². The Morgan fingerprint density at radius 3 is 2.79 bits per heavy atom. The van der Waals surface area contributed by atoms with Gasteiger partial charge in [0.05, 0.1) is 23.3 Å². The van der Waals surface area contributed by atoms with Crippen molar-refractivity contribution in [3.05, 3.63) is 42.5 Å². The number of fused-ring (bicyclic) bond motifs is 1. The minimum atomic E-state index is 0.605. The highest BCUT2D eigenvalue weighted by molar-refractivity contribution is 5.80. The van der Waals surface area contributed by atoms with Gasteiger partial charge in [-0.15, -0.1) is 0 Å². The summed E-state index contributed by atoms with van der Waals surface area (Å²) in [6.07, 6.45) is 0. The molecule has 0 aliphatic carbocycles. The first kappa shape index (κ1) is 11.6. The number of rotatable bonds is 3. The highest BCUT2D eigenvalue weighted by Gasteiger charge is 2.07. The van der Waals surface area contributed by atoms with E-state index in [0.717, 1.165) is 22.4 Å². The van der Waals surface area contributed by atoms with Gasteiger partial charge in [0.2, 0.25) is 0 Å². The number of para-hydroxylation sites is 2. The van der Waals surface area contributed by atoms with Crippen LogP contribution >= 0.6 is 0 Å². The van der Waals surface area contributed by atoms with E-state index in [1.54, 1.807) is 0 Å². The van der Waals surface area contributed by atoms with Crippen LogP contribution in [0.2, 0.25) is 0 Å². The zero-order valence-corrected chi connectivity index (χ0v) is 10.7. The molecule has 0 spiro atoms. The molecule has 3 N–H and O–H groups in total. The SMILES string of the molecule is CCOc1ccc(-c2nc3ccccc3[nH]2)cc1N. The van der Waals surface area contributed by atoms with Crippen molar-refractivity contribution in [1.29, 1.82) is 0 Å². The second-order valence-electron chi connectivity index (χ2n) is 4.29. The molecule has 0 saturated heterocycles. The Morgan fingerprint density at radius 1 is 1.21 bits per heavy atom. The lowest BCUT2D eigenvalue weighted by Crippen LogP contribution is -1.97. The zero-order valence-electron chi connectivity index (χ0n) is 10.7. The van der Waals surface area contributed by atoms with Crippen LogP contribution in [0, 0.1) is 0 Å². The van der Waals surface area contributed by atoms with Gasteiger partial charge in [-0.25, -0.2) is 4.98 Å². The van der Waals surface area contributed by atoms with Crippen molar-refractivity contribution in [2.45, 2.75) is 6.92 Å². The van der Waals surface area contributed by atoms with Crippen LogP contribution in [0.3, 0.4) is 0 Å². The number of nitrogen functional groups attached to an aromatic ring is 1. The van der Waals surface area contributed by atoms with Crippen LogP contribution in [-0.2, 0) is 0 Å². The molecule has 0 amide bonds. The first-order valence-electron chi connectivity index (χ1n) is 6.25. The predicted octanol–water partition coefficient (Wildman–Crippen LogP) is 3.21. The van der Waals surface area contributed by atoms with Gasteiger partial charge in [0, 0.05) is 5.56 Å². The van der Waals surface area contributed by atoms with E-state index in [1.807, 2.05) is 49.4 Å². The number of imidazole rings is 1. The summed E-state index contributed by atoms with van der Waals surface area (Å²) < 4.78 is 5.43. The Kier molecular flexibility index (Phi) is 2.83. The normalized spacial score (nSPS) is 10.8. The van der Waals surface area contributed by atoms with E-state index in [-0.39, 0.29) is 0 Å². The van der Waals surface area contributed by atoms with Crippen LogP contribution < -0.4 is 10.5 Å². The molecule has 3 rings (SSSR count). The molecule has 0 aliphatic rings. The Bertz CT molecular complexity index is 685. The molecule has 0 atom stereocenters. The van der Waals surface area contributed by atoms with E-state index in [4.69, 9.17) is 10.5 Å². The third-order valence-corrected chi connectivity index (χ3v) is 2.97. The molecule has 19 heavy (non-hydrogen) atoms. The summed E-state index contributed by atoms with van der Waals surface area (Å²) in [5.41, 5.74) is 9.52. The van der Waals surface area contributed by atoms with Crippen LogP contribution in [0.1, 0.15) is 6.92 Å². The van der Waals surface area contributed by atoms with Gasteiger partial charge in [-0.3, -0.25) is 0 Å². The van der Waals surface area contributed by atoms with E-state index < -0.39 is 0 Å². The molecule has 0 saturated carbocycles. The number of hydrogen-bond acceptors (Lipinski definition) is 3. The Balaban J connectivity index is 2.03. The number of aromatic nitrogens is 2. The Morgan fingerprint density at radius 2 is 2.05 bits per heavy atom. The van der Waals surface area contributed by atoms with E-state index in [2.05, 4.69) is 9.97 Å². The lowest BCUT2D eigenvalue weighted by atomic mass is 10.2. The molecular weight excluding hydrogens is 238 g/mol. The smallest absolute Gasteiger partial charge is 0.142 e. The second-order valence-corrected chi connectivity index (χ2v) is 4.29. The number of nitrogens with two attached hydrogens (primary N) is 1. The van der Waals surface area contributed by atoms with Crippen molar-refractivity contribution in [1.82, 2.24) is 9.97 Å². The summed E-state index contributed by atoms with van der Waals surface area (Å²) in [5, 5.41) is 0. The summed E-state index contributed by atoms with van der Waals surface area (Å²) in [5.74, 6) is 1.53. The molecular formula is C15H15N3O. The first-order chi connectivity index (χ1) is 9.28. The lowest BCUT2D eigenvalue weighted by Gasteiger charge is -2.07. The Hall–Kier alpha value is -2.49. The molecule has 2 aromatic carbocycles. The van der Waals surface area contributed by atoms with Crippen LogP contribution in [-0.4, -0.2) is 16.6 Å². The largest absolute Gasteiger partial charge is 0.492 e. The van der Waals surface area contributed by atoms with Crippen LogP contribution in [0.25, 0.3) is 22.4 Å². The second kappa shape index (κ2) is 4.65. The third kappa shape index (κ3) is 2.12. The van der Waals surface area contributed by atoms with Gasteiger partial charge in [0.15, 0.2) is 0 Å².